The number of amides is 1. The number of anilines is 1. The highest BCUT2D eigenvalue weighted by Crippen LogP contribution is 2.27. The number of aryl methyl sites for hydroxylation is 1. The Bertz CT molecular complexity index is 918. The minimum Gasteiger partial charge on any atom is -0.317 e. The molecule has 3 aromatic rings. The fourth-order valence-corrected chi connectivity index (χ4v) is 3.65. The first-order valence-corrected chi connectivity index (χ1v) is 9.10. The molecule has 1 saturated heterocycles. The molecule has 2 N–H and O–H groups in total. The summed E-state index contributed by atoms with van der Waals surface area (Å²) in [5.41, 5.74) is 1.77. The third-order valence-electron chi connectivity index (χ3n) is 4.32. The van der Waals surface area contributed by atoms with Crippen molar-refractivity contribution in [2.45, 2.75) is 19.8 Å². The van der Waals surface area contributed by atoms with Gasteiger partial charge in [-0.15, -0.1) is 20.4 Å². The zero-order valence-corrected chi connectivity index (χ0v) is 14.6. The molecule has 128 valence electrons. The van der Waals surface area contributed by atoms with E-state index in [1.165, 1.54) is 0 Å². The lowest BCUT2D eigenvalue weighted by molar-refractivity contribution is -0.120. The van der Waals surface area contributed by atoms with E-state index in [-0.39, 0.29) is 11.8 Å². The number of nitrogens with zero attached hydrogens (tertiary/aromatic N) is 4. The second-order valence-corrected chi connectivity index (χ2v) is 7.32. The van der Waals surface area contributed by atoms with Gasteiger partial charge in [0.1, 0.15) is 10.0 Å². The average Bonchev–Trinajstić information content (AvgIpc) is 3.08. The summed E-state index contributed by atoms with van der Waals surface area (Å²) in [5.74, 6) is 0.544. The van der Waals surface area contributed by atoms with E-state index in [2.05, 4.69) is 31.0 Å². The first kappa shape index (κ1) is 16.0. The number of carbonyl (C=O) groups excluding carboxylic acids is 1. The van der Waals surface area contributed by atoms with Crippen molar-refractivity contribution in [3.63, 3.8) is 0 Å². The largest absolute Gasteiger partial charge is 0.317 e. The van der Waals surface area contributed by atoms with Crippen LogP contribution in [0.25, 0.3) is 21.5 Å². The van der Waals surface area contributed by atoms with E-state index in [1.54, 1.807) is 11.3 Å². The number of nitrogens with one attached hydrogen (secondary N) is 2. The van der Waals surface area contributed by atoms with Crippen LogP contribution in [-0.2, 0) is 4.79 Å². The Hall–Kier alpha value is -2.45. The molecule has 1 aliphatic rings. The average molecular weight is 354 g/mol. The number of benzene rings is 1. The number of aromatic nitrogens is 4. The summed E-state index contributed by atoms with van der Waals surface area (Å²) in [7, 11) is 0. The number of rotatable bonds is 3. The van der Waals surface area contributed by atoms with Crippen LogP contribution in [0.5, 0.6) is 0 Å². The van der Waals surface area contributed by atoms with Crippen LogP contribution in [0.2, 0.25) is 0 Å². The summed E-state index contributed by atoms with van der Waals surface area (Å²) in [6, 6.07) is 7.74. The number of hydrogen-bond acceptors (Lipinski definition) is 7. The molecule has 0 atom stereocenters. The van der Waals surface area contributed by atoms with Crippen LogP contribution in [0.3, 0.4) is 0 Å². The Labute approximate surface area is 148 Å². The molecular weight excluding hydrogens is 336 g/mol. The molecule has 2 aromatic heterocycles. The van der Waals surface area contributed by atoms with Crippen molar-refractivity contribution in [3.8, 4) is 10.6 Å². The maximum absolute atomic E-state index is 12.4. The molecule has 8 heteroatoms. The second-order valence-electron chi connectivity index (χ2n) is 6.14. The molecule has 1 fully saturated rings. The maximum Gasteiger partial charge on any atom is 0.228 e. The van der Waals surface area contributed by atoms with Gasteiger partial charge < -0.3 is 10.6 Å². The smallest absolute Gasteiger partial charge is 0.228 e. The van der Waals surface area contributed by atoms with Crippen LogP contribution < -0.4 is 10.6 Å². The Morgan fingerprint density at radius 2 is 2.00 bits per heavy atom. The zero-order chi connectivity index (χ0) is 17.2. The molecule has 0 aliphatic carbocycles. The number of piperidine rings is 1. The van der Waals surface area contributed by atoms with E-state index in [0.29, 0.717) is 5.82 Å². The van der Waals surface area contributed by atoms with Gasteiger partial charge in [0.25, 0.3) is 0 Å². The lowest BCUT2D eigenvalue weighted by Crippen LogP contribution is -2.34. The van der Waals surface area contributed by atoms with Crippen molar-refractivity contribution in [2.24, 2.45) is 5.92 Å². The van der Waals surface area contributed by atoms with Gasteiger partial charge in [0, 0.05) is 16.9 Å². The Kier molecular flexibility index (Phi) is 4.37. The summed E-state index contributed by atoms with van der Waals surface area (Å²) >= 11 is 1.55. The number of fused-ring (bicyclic) bond motifs is 1. The van der Waals surface area contributed by atoms with Gasteiger partial charge in [0.15, 0.2) is 5.82 Å². The van der Waals surface area contributed by atoms with Crippen molar-refractivity contribution in [1.82, 2.24) is 25.7 Å². The van der Waals surface area contributed by atoms with E-state index in [1.807, 2.05) is 31.2 Å². The molecule has 0 bridgehead atoms. The van der Waals surface area contributed by atoms with Crippen molar-refractivity contribution in [3.05, 3.63) is 29.3 Å². The molecule has 0 spiro atoms. The summed E-state index contributed by atoms with van der Waals surface area (Å²) in [5, 5.41) is 25.5. The van der Waals surface area contributed by atoms with Crippen LogP contribution in [-0.4, -0.2) is 39.4 Å². The molecule has 0 unspecified atom stereocenters. The number of hydrogen-bond donors (Lipinski definition) is 2. The quantitative estimate of drug-likeness (QED) is 0.750. The Balaban J connectivity index is 1.59. The summed E-state index contributed by atoms with van der Waals surface area (Å²) < 4.78 is 0. The molecule has 1 aliphatic heterocycles. The van der Waals surface area contributed by atoms with Gasteiger partial charge in [-0.3, -0.25) is 4.79 Å². The molecule has 1 aromatic carbocycles. The fraction of sp³-hybridized carbons (Fsp3) is 0.353. The van der Waals surface area contributed by atoms with Crippen LogP contribution in [0.1, 0.15) is 17.8 Å². The highest BCUT2D eigenvalue weighted by Gasteiger charge is 2.21. The molecule has 3 heterocycles. The SMILES string of the molecule is Cc1nnc(-c2ccc3nnc(NC(=O)C4CCNCC4)cc3c2)s1. The van der Waals surface area contributed by atoms with Crippen molar-refractivity contribution >= 4 is 34.0 Å². The standard InChI is InChI=1S/C17H18N6OS/c1-10-20-23-17(25-10)12-2-3-14-13(8-12)9-15(22-21-14)19-16(24)11-4-6-18-7-5-11/h2-3,8-9,11,18H,4-7H2,1H3,(H,19,22,24). The molecular formula is C17H18N6OS. The monoisotopic (exact) mass is 354 g/mol. The van der Waals surface area contributed by atoms with Gasteiger partial charge in [-0.1, -0.05) is 11.3 Å². The normalized spacial score (nSPS) is 15.4. The van der Waals surface area contributed by atoms with E-state index in [0.717, 1.165) is 52.4 Å². The lowest BCUT2D eigenvalue weighted by atomic mass is 9.97. The van der Waals surface area contributed by atoms with Crippen LogP contribution in [0.4, 0.5) is 5.82 Å². The van der Waals surface area contributed by atoms with Crippen LogP contribution >= 0.6 is 11.3 Å². The third kappa shape index (κ3) is 3.49. The molecule has 1 amide bonds. The van der Waals surface area contributed by atoms with Crippen LogP contribution in [0.15, 0.2) is 24.3 Å². The zero-order valence-electron chi connectivity index (χ0n) is 13.8. The molecule has 0 saturated carbocycles. The van der Waals surface area contributed by atoms with E-state index >= 15 is 0 Å². The van der Waals surface area contributed by atoms with Gasteiger partial charge in [-0.05, 0) is 57.1 Å². The van der Waals surface area contributed by atoms with E-state index in [4.69, 9.17) is 0 Å². The first-order valence-electron chi connectivity index (χ1n) is 8.28. The third-order valence-corrected chi connectivity index (χ3v) is 5.21. The number of carbonyl (C=O) groups is 1. The molecule has 25 heavy (non-hydrogen) atoms. The molecule has 7 nitrogen and oxygen atoms in total. The fourth-order valence-electron chi connectivity index (χ4n) is 2.96. The topological polar surface area (TPSA) is 92.7 Å². The summed E-state index contributed by atoms with van der Waals surface area (Å²) in [6.45, 7) is 3.69. The van der Waals surface area contributed by atoms with Gasteiger partial charge in [0.05, 0.1) is 5.52 Å². The maximum atomic E-state index is 12.4. The van der Waals surface area contributed by atoms with Crippen molar-refractivity contribution in [2.75, 3.05) is 18.4 Å². The molecule has 4 rings (SSSR count). The highest BCUT2D eigenvalue weighted by atomic mass is 32.1. The van der Waals surface area contributed by atoms with Crippen LogP contribution in [0, 0.1) is 12.8 Å². The first-order chi connectivity index (χ1) is 12.2. The van der Waals surface area contributed by atoms with E-state index in [9.17, 15) is 4.79 Å². The van der Waals surface area contributed by atoms with Gasteiger partial charge in [0.2, 0.25) is 5.91 Å². The lowest BCUT2D eigenvalue weighted by Gasteiger charge is -2.21. The molecule has 0 radical (unpaired) electrons. The Morgan fingerprint density at radius 3 is 2.76 bits per heavy atom. The predicted octanol–water partition coefficient (Wildman–Crippen LogP) is 2.39. The predicted molar refractivity (Wildman–Crippen MR) is 97.4 cm³/mol. The summed E-state index contributed by atoms with van der Waals surface area (Å²) in [4.78, 5) is 12.4. The van der Waals surface area contributed by atoms with Gasteiger partial charge >= 0.3 is 0 Å². The minimum absolute atomic E-state index is 0.0195. The second kappa shape index (κ2) is 6.81. The van der Waals surface area contributed by atoms with Gasteiger partial charge in [-0.2, -0.15) is 0 Å². The highest BCUT2D eigenvalue weighted by molar-refractivity contribution is 7.14. The van der Waals surface area contributed by atoms with Crippen molar-refractivity contribution < 1.29 is 4.79 Å². The van der Waals surface area contributed by atoms with Crippen molar-refractivity contribution in [1.29, 1.82) is 0 Å². The summed E-state index contributed by atoms with van der Waals surface area (Å²) in [6.07, 6.45) is 1.71. The Morgan fingerprint density at radius 1 is 1.16 bits per heavy atom. The van der Waals surface area contributed by atoms with Gasteiger partial charge in [-0.25, -0.2) is 0 Å². The minimum atomic E-state index is 0.0195. The van der Waals surface area contributed by atoms with E-state index < -0.39 is 0 Å².